The van der Waals surface area contributed by atoms with Crippen LogP contribution in [0, 0.1) is 55.4 Å². The quantitative estimate of drug-likeness (QED) is 0.127. The molecular formula is C54H74Cl2N2O6P2Ru+. The summed E-state index contributed by atoms with van der Waals surface area (Å²) in [4.78, 5) is 21.8. The summed E-state index contributed by atoms with van der Waals surface area (Å²) in [6.07, 6.45) is 1.50. The standard InChI is InChI=1S/C16H20O4P2.4C8H10.2C3H7NO.2ClH.Ru/c1-17-9-5-13(20-4)16(15(22)6-9)10-7-14(21)12(19-3)8-11(10)18-2;4*1-7-4-3-5-8(2)6-7;2*1-4(2)3-5;;;/h5-8H,21-22H2,1-4H3;4*3-6H,1-2H3;2*3H,1-2H3;2*1H;/q;;;;;;;;;+3/p-2. The normalized spacial score (nSPS) is 8.81. The molecule has 0 heterocycles. The van der Waals surface area contributed by atoms with Crippen molar-refractivity contribution in [3.8, 4) is 34.1 Å². The van der Waals surface area contributed by atoms with E-state index >= 15 is 0 Å². The van der Waals surface area contributed by atoms with Crippen LogP contribution in [0.2, 0.25) is 0 Å². The molecule has 2 unspecified atom stereocenters. The van der Waals surface area contributed by atoms with Gasteiger partial charge in [-0.2, -0.15) is 0 Å². The maximum absolute atomic E-state index is 9.43. The SMILES string of the molecule is CN(C)C=O.CN(C)C=O.COc1cc(P)c(-c2cc(P)c(OC)cc2OC)c(OC)c1.Cc1cccc(C)c1.Cc1cccc(C)c1.Cc1cccc(C)c1.Cc1cccc(C)c1.[Cl-].[Cl-].[Ru+3]. The van der Waals surface area contributed by atoms with Crippen molar-refractivity contribution in [3.05, 3.63) is 166 Å². The van der Waals surface area contributed by atoms with E-state index in [1.54, 1.807) is 56.6 Å². The third kappa shape index (κ3) is 31.2. The second-order valence-electron chi connectivity index (χ2n) is 15.4. The number of benzene rings is 6. The van der Waals surface area contributed by atoms with Crippen LogP contribution in [0.15, 0.2) is 121 Å². The molecule has 67 heavy (non-hydrogen) atoms. The molecule has 6 aromatic carbocycles. The fraction of sp³-hybridized carbons (Fsp3) is 0.296. The molecule has 0 N–H and O–H groups in total. The van der Waals surface area contributed by atoms with Gasteiger partial charge in [-0.15, -0.1) is 18.5 Å². The summed E-state index contributed by atoms with van der Waals surface area (Å²) < 4.78 is 21.7. The average Bonchev–Trinajstić information content (AvgIpc) is 3.24. The minimum atomic E-state index is 0. The molecule has 0 aliphatic rings. The molecule has 2 amide bonds. The number of methoxy groups -OCH3 is 4. The van der Waals surface area contributed by atoms with Gasteiger partial charge in [0.1, 0.15) is 23.0 Å². The number of nitrogens with zero attached hydrogens (tertiary/aromatic N) is 2. The third-order valence-electron chi connectivity index (χ3n) is 8.50. The monoisotopic (exact) mass is 1080 g/mol. The Morgan fingerprint density at radius 3 is 0.896 bits per heavy atom. The van der Waals surface area contributed by atoms with E-state index in [1.165, 1.54) is 54.3 Å². The van der Waals surface area contributed by atoms with E-state index in [2.05, 4.69) is 171 Å². The Kier molecular flexibility index (Phi) is 40.7. The van der Waals surface area contributed by atoms with Gasteiger partial charge in [0, 0.05) is 56.8 Å². The number of aryl methyl sites for hydroxylation is 8. The zero-order chi connectivity index (χ0) is 48.8. The predicted molar refractivity (Wildman–Crippen MR) is 280 cm³/mol. The van der Waals surface area contributed by atoms with Gasteiger partial charge in [0.2, 0.25) is 12.8 Å². The zero-order valence-electron chi connectivity index (χ0n) is 42.3. The van der Waals surface area contributed by atoms with Gasteiger partial charge in [0.15, 0.2) is 0 Å². The van der Waals surface area contributed by atoms with Gasteiger partial charge >= 0.3 is 19.5 Å². The Bertz CT molecular complexity index is 2020. The van der Waals surface area contributed by atoms with Gasteiger partial charge in [0.05, 0.1) is 28.4 Å². The van der Waals surface area contributed by atoms with Crippen LogP contribution in [0.25, 0.3) is 11.1 Å². The molecule has 0 aromatic heterocycles. The van der Waals surface area contributed by atoms with E-state index in [0.717, 1.165) is 57.6 Å². The fourth-order valence-electron chi connectivity index (χ4n) is 5.52. The first kappa shape index (κ1) is 69.1. The number of carbonyl (C=O) groups is 2. The molecule has 0 bridgehead atoms. The largest absolute Gasteiger partial charge is 3.00 e. The molecule has 1 radical (unpaired) electrons. The molecule has 2 atom stereocenters. The number of hydrogen-bond donors (Lipinski definition) is 0. The van der Waals surface area contributed by atoms with Crippen LogP contribution in [0.1, 0.15) is 44.5 Å². The Balaban J connectivity index is -0.000000372. The molecule has 8 nitrogen and oxygen atoms in total. The van der Waals surface area contributed by atoms with Gasteiger partial charge in [-0.25, -0.2) is 0 Å². The predicted octanol–water partition coefficient (Wildman–Crippen LogP) is 5.02. The fourth-order valence-corrected chi connectivity index (χ4v) is 6.35. The minimum absolute atomic E-state index is 0. The van der Waals surface area contributed by atoms with Crippen molar-refractivity contribution in [1.82, 2.24) is 9.80 Å². The molecule has 367 valence electrons. The molecule has 0 aliphatic heterocycles. The maximum atomic E-state index is 9.43. The van der Waals surface area contributed by atoms with Crippen molar-refractivity contribution in [3.63, 3.8) is 0 Å². The first-order chi connectivity index (χ1) is 30.2. The number of amides is 2. The molecule has 13 heteroatoms. The molecule has 0 saturated carbocycles. The second kappa shape index (κ2) is 39.5. The van der Waals surface area contributed by atoms with Crippen LogP contribution < -0.4 is 54.4 Å². The van der Waals surface area contributed by atoms with E-state index in [1.807, 2.05) is 24.3 Å². The third-order valence-corrected chi connectivity index (χ3v) is 9.41. The molecule has 0 aliphatic carbocycles. The Labute approximate surface area is 433 Å². The molecular weight excluding hydrogens is 1010 g/mol. The van der Waals surface area contributed by atoms with Gasteiger partial charge in [-0.1, -0.05) is 142 Å². The topological polar surface area (TPSA) is 77.5 Å². The van der Waals surface area contributed by atoms with Crippen molar-refractivity contribution in [1.29, 1.82) is 0 Å². The minimum Gasteiger partial charge on any atom is -1.00 e. The zero-order valence-corrected chi connectivity index (χ0v) is 47.9. The van der Waals surface area contributed by atoms with Gasteiger partial charge in [-0.05, 0) is 72.8 Å². The Morgan fingerprint density at radius 2 is 0.687 bits per heavy atom. The van der Waals surface area contributed by atoms with Gasteiger partial charge in [0.25, 0.3) is 0 Å². The van der Waals surface area contributed by atoms with Crippen molar-refractivity contribution in [2.75, 3.05) is 56.6 Å². The summed E-state index contributed by atoms with van der Waals surface area (Å²) >= 11 is 0. The Morgan fingerprint density at radius 1 is 0.403 bits per heavy atom. The van der Waals surface area contributed by atoms with Crippen molar-refractivity contribution >= 4 is 41.9 Å². The van der Waals surface area contributed by atoms with Crippen LogP contribution in [0.3, 0.4) is 0 Å². The first-order valence-corrected chi connectivity index (χ1v) is 21.8. The van der Waals surface area contributed by atoms with Gasteiger partial charge in [-0.3, -0.25) is 9.59 Å². The summed E-state index contributed by atoms with van der Waals surface area (Å²) in [7, 11) is 18.7. The molecule has 6 rings (SSSR count). The average molecular weight is 1080 g/mol. The van der Waals surface area contributed by atoms with E-state index < -0.39 is 0 Å². The van der Waals surface area contributed by atoms with E-state index in [0.29, 0.717) is 0 Å². The van der Waals surface area contributed by atoms with Crippen LogP contribution in [-0.4, -0.2) is 79.2 Å². The van der Waals surface area contributed by atoms with Crippen molar-refractivity contribution < 1.29 is 72.8 Å². The maximum Gasteiger partial charge on any atom is 3.00 e. The number of halogens is 2. The number of ether oxygens (including phenoxy) is 4. The summed E-state index contributed by atoms with van der Waals surface area (Å²) in [5.41, 5.74) is 12.6. The molecule has 0 saturated heterocycles. The van der Waals surface area contributed by atoms with Crippen molar-refractivity contribution in [2.45, 2.75) is 55.4 Å². The van der Waals surface area contributed by atoms with Crippen LogP contribution in [0.4, 0.5) is 0 Å². The van der Waals surface area contributed by atoms with Crippen molar-refractivity contribution in [2.24, 2.45) is 0 Å². The number of rotatable bonds is 7. The first-order valence-electron chi connectivity index (χ1n) is 20.6. The van der Waals surface area contributed by atoms with E-state index in [-0.39, 0.29) is 44.3 Å². The molecule has 6 aromatic rings. The summed E-state index contributed by atoms with van der Waals surface area (Å²) in [5, 5.41) is 1.91. The van der Waals surface area contributed by atoms with Crippen LogP contribution in [-0.2, 0) is 29.1 Å². The molecule has 0 fully saturated rings. The summed E-state index contributed by atoms with van der Waals surface area (Å²) in [6, 6.07) is 41.5. The smallest absolute Gasteiger partial charge is 1.00 e. The van der Waals surface area contributed by atoms with E-state index in [4.69, 9.17) is 18.9 Å². The summed E-state index contributed by atoms with van der Waals surface area (Å²) in [6.45, 7) is 16.8. The number of carbonyl (C=O) groups excluding carboxylic acids is 2. The second-order valence-corrected chi connectivity index (χ2v) is 16.6. The van der Waals surface area contributed by atoms with E-state index in [9.17, 15) is 9.59 Å². The van der Waals surface area contributed by atoms with Crippen LogP contribution in [0.5, 0.6) is 23.0 Å². The molecule has 0 spiro atoms. The summed E-state index contributed by atoms with van der Waals surface area (Å²) in [5.74, 6) is 2.93. The number of hydrogen-bond acceptors (Lipinski definition) is 6. The van der Waals surface area contributed by atoms with Gasteiger partial charge < -0.3 is 53.6 Å². The van der Waals surface area contributed by atoms with Crippen LogP contribution >= 0.6 is 18.5 Å². The Hall–Kier alpha value is -4.48.